The zero-order chi connectivity index (χ0) is 22.8. The third-order valence-corrected chi connectivity index (χ3v) is 7.82. The van der Waals surface area contributed by atoms with Crippen LogP contribution in [0, 0.1) is 11.8 Å². The number of carbonyl (C=O) groups excluding carboxylic acids is 2. The maximum atomic E-state index is 13.3. The van der Waals surface area contributed by atoms with Crippen molar-refractivity contribution in [1.82, 2.24) is 5.43 Å². The van der Waals surface area contributed by atoms with Gasteiger partial charge in [-0.1, -0.05) is 32.6 Å². The van der Waals surface area contributed by atoms with Crippen LogP contribution in [0.15, 0.2) is 23.3 Å². The topological polar surface area (TPSA) is 97.2 Å². The Hall–Kier alpha value is -2.35. The summed E-state index contributed by atoms with van der Waals surface area (Å²) in [4.78, 5) is 26.5. The van der Waals surface area contributed by atoms with E-state index in [0.29, 0.717) is 26.1 Å². The van der Waals surface area contributed by atoms with Gasteiger partial charge in [0.25, 0.3) is 0 Å². The number of phenolic OH excluding ortho intramolecular Hbond substituents is 1. The van der Waals surface area contributed by atoms with E-state index in [0.717, 1.165) is 22.9 Å². The number of nitrogens with zero attached hydrogens (tertiary/aromatic N) is 1. The van der Waals surface area contributed by atoms with Gasteiger partial charge in [-0.05, 0) is 42.1 Å². The van der Waals surface area contributed by atoms with Gasteiger partial charge >= 0.3 is 11.9 Å². The van der Waals surface area contributed by atoms with Gasteiger partial charge in [0.15, 0.2) is 0 Å². The molecular weight excluding hydrogens is 412 g/mol. The van der Waals surface area contributed by atoms with E-state index in [1.807, 2.05) is 13.0 Å². The Morgan fingerprint density at radius 3 is 2.45 bits per heavy atom. The smallest absolute Gasteiger partial charge is 0.310 e. The molecule has 2 unspecified atom stereocenters. The third kappa shape index (κ3) is 4.94. The van der Waals surface area contributed by atoms with Crippen LogP contribution in [-0.4, -0.2) is 51.1 Å². The first-order valence-corrected chi connectivity index (χ1v) is 14.8. The summed E-state index contributed by atoms with van der Waals surface area (Å²) in [5, 5.41) is 14.5. The predicted molar refractivity (Wildman–Crippen MR) is 122 cm³/mol. The maximum absolute atomic E-state index is 13.3. The van der Waals surface area contributed by atoms with Crippen molar-refractivity contribution in [2.24, 2.45) is 16.9 Å². The molecule has 2 bridgehead atoms. The van der Waals surface area contributed by atoms with Crippen molar-refractivity contribution in [1.29, 1.82) is 0 Å². The lowest BCUT2D eigenvalue weighted by atomic mass is 9.55. The molecule has 1 aromatic rings. The minimum absolute atomic E-state index is 0.130. The minimum Gasteiger partial charge on any atom is -0.508 e. The number of hydrogen-bond donors (Lipinski definition) is 2. The Morgan fingerprint density at radius 1 is 1.13 bits per heavy atom. The molecule has 0 aromatic heterocycles. The van der Waals surface area contributed by atoms with Crippen LogP contribution in [0.25, 0.3) is 0 Å². The largest absolute Gasteiger partial charge is 0.508 e. The van der Waals surface area contributed by atoms with Crippen LogP contribution < -0.4 is 5.43 Å². The van der Waals surface area contributed by atoms with E-state index in [2.05, 4.69) is 30.2 Å². The highest BCUT2D eigenvalue weighted by Gasteiger charge is 2.57. The minimum atomic E-state index is -1.36. The number of esters is 2. The van der Waals surface area contributed by atoms with E-state index in [9.17, 15) is 14.7 Å². The zero-order valence-electron chi connectivity index (χ0n) is 19.1. The lowest BCUT2D eigenvalue weighted by molar-refractivity contribution is -0.163. The average Bonchev–Trinajstić information content (AvgIpc) is 2.70. The van der Waals surface area contributed by atoms with E-state index in [4.69, 9.17) is 9.47 Å². The van der Waals surface area contributed by atoms with Gasteiger partial charge in [0.05, 0.1) is 25.0 Å². The highest BCUT2D eigenvalue weighted by Crippen LogP contribution is 2.55. The van der Waals surface area contributed by atoms with Crippen molar-refractivity contribution in [3.8, 4) is 5.75 Å². The van der Waals surface area contributed by atoms with Crippen molar-refractivity contribution in [3.05, 3.63) is 29.3 Å². The molecule has 4 rings (SSSR count). The number of hydrogen-bond acceptors (Lipinski definition) is 7. The van der Waals surface area contributed by atoms with E-state index in [1.165, 1.54) is 0 Å². The highest BCUT2D eigenvalue weighted by atomic mass is 28.3. The molecule has 1 aromatic carbocycles. The molecule has 0 saturated heterocycles. The van der Waals surface area contributed by atoms with E-state index in [1.54, 1.807) is 19.2 Å². The normalized spacial score (nSPS) is 25.8. The Morgan fingerprint density at radius 2 is 1.81 bits per heavy atom. The van der Waals surface area contributed by atoms with Gasteiger partial charge in [-0.3, -0.25) is 9.59 Å². The van der Waals surface area contributed by atoms with Crippen LogP contribution in [0.1, 0.15) is 42.7 Å². The third-order valence-electron chi connectivity index (χ3n) is 6.12. The van der Waals surface area contributed by atoms with Crippen molar-refractivity contribution in [3.63, 3.8) is 0 Å². The Balaban J connectivity index is 2.00. The van der Waals surface area contributed by atoms with Crippen LogP contribution in [-0.2, 0) is 19.1 Å². The summed E-state index contributed by atoms with van der Waals surface area (Å²) in [7, 11) is 0.357. The number of aromatic hydroxyl groups is 1. The number of fused-ring (bicyclic) bond motifs is 2. The van der Waals surface area contributed by atoms with Gasteiger partial charge in [-0.25, -0.2) is 0 Å². The highest BCUT2D eigenvalue weighted by molar-refractivity contribution is 6.76. The predicted octanol–water partition coefficient (Wildman–Crippen LogP) is 3.62. The maximum Gasteiger partial charge on any atom is 0.310 e. The first-order chi connectivity index (χ1) is 14.7. The van der Waals surface area contributed by atoms with Gasteiger partial charge in [-0.15, -0.1) is 0 Å². The van der Waals surface area contributed by atoms with Gasteiger partial charge in [0, 0.05) is 32.7 Å². The summed E-state index contributed by atoms with van der Waals surface area (Å²) < 4.78 is 11.2. The number of carbonyl (C=O) groups is 2. The summed E-state index contributed by atoms with van der Waals surface area (Å²) in [6, 6.07) is 6.05. The quantitative estimate of drug-likeness (QED) is 0.360. The zero-order valence-corrected chi connectivity index (χ0v) is 20.1. The first kappa shape index (κ1) is 23.3. The van der Waals surface area contributed by atoms with Gasteiger partial charge in [-0.2, -0.15) is 5.10 Å². The molecule has 0 aliphatic heterocycles. The molecule has 7 nitrogen and oxygen atoms in total. The number of ether oxygens (including phenoxy) is 2. The molecular formula is C23H34N2O5Si. The molecule has 8 heteroatoms. The Labute approximate surface area is 185 Å². The van der Waals surface area contributed by atoms with Crippen molar-refractivity contribution in [2.75, 3.05) is 20.3 Å². The average molecular weight is 447 g/mol. The molecule has 4 atom stereocenters. The second-order valence-corrected chi connectivity index (χ2v) is 15.2. The Bertz CT molecular complexity index is 864. The number of nitrogens with one attached hydrogen (secondary N) is 1. The van der Waals surface area contributed by atoms with Gasteiger partial charge in [0.1, 0.15) is 5.75 Å². The summed E-state index contributed by atoms with van der Waals surface area (Å²) in [5.74, 6) is -2.62. The number of phenols is 1. The van der Waals surface area contributed by atoms with Gasteiger partial charge in [0.2, 0.25) is 0 Å². The monoisotopic (exact) mass is 446 g/mol. The Kier molecular flexibility index (Phi) is 7.09. The number of hydrazone groups is 1. The molecule has 31 heavy (non-hydrogen) atoms. The second-order valence-electron chi connectivity index (χ2n) is 9.63. The van der Waals surface area contributed by atoms with Crippen molar-refractivity contribution in [2.45, 2.75) is 57.3 Å². The lowest BCUT2D eigenvalue weighted by Gasteiger charge is -2.47. The fraction of sp³-hybridized carbons (Fsp3) is 0.609. The number of rotatable bonds is 8. The summed E-state index contributed by atoms with van der Waals surface area (Å²) in [6.45, 7) is 9.31. The number of benzene rings is 1. The van der Waals surface area contributed by atoms with Crippen LogP contribution in [0.2, 0.25) is 25.7 Å². The molecule has 0 amide bonds. The van der Waals surface area contributed by atoms with E-state index < -0.39 is 31.8 Å². The van der Waals surface area contributed by atoms with Crippen molar-refractivity contribution >= 4 is 25.7 Å². The van der Waals surface area contributed by atoms with E-state index in [-0.39, 0.29) is 17.6 Å². The van der Waals surface area contributed by atoms with Crippen LogP contribution in [0.5, 0.6) is 5.75 Å². The molecule has 0 heterocycles. The molecule has 0 spiro atoms. The fourth-order valence-electron chi connectivity index (χ4n) is 4.69. The van der Waals surface area contributed by atoms with Gasteiger partial charge < -0.3 is 20.0 Å². The molecule has 1 fully saturated rings. The molecule has 3 aliphatic rings. The van der Waals surface area contributed by atoms with E-state index >= 15 is 0 Å². The standard InChI is InChI=1S/C23H34N2O5Si/c1-6-9-29-23(28)21-19-16-12-14(26)7-8-15(16)17(13-18(19)25-24-2)20(21)22(27)30-10-11-31(3,4)5/h7-8,12,17,19-21,24,26H,6,9-11,13H2,1-5H3/b25-18+/t17?,19-,20?,21-/m1/s1. The summed E-state index contributed by atoms with van der Waals surface area (Å²) >= 11 is 0. The first-order valence-electron chi connectivity index (χ1n) is 11.1. The molecule has 0 radical (unpaired) electrons. The fourth-order valence-corrected chi connectivity index (χ4v) is 5.41. The van der Waals surface area contributed by atoms with Crippen LogP contribution in [0.4, 0.5) is 0 Å². The summed E-state index contributed by atoms with van der Waals surface area (Å²) in [6.07, 6.45) is 1.27. The lowest BCUT2D eigenvalue weighted by Crippen LogP contribution is -2.51. The van der Waals surface area contributed by atoms with Crippen LogP contribution in [0.3, 0.4) is 0 Å². The molecule has 3 aliphatic carbocycles. The van der Waals surface area contributed by atoms with Crippen LogP contribution >= 0.6 is 0 Å². The second kappa shape index (κ2) is 9.42. The molecule has 2 N–H and O–H groups in total. The molecule has 170 valence electrons. The van der Waals surface area contributed by atoms with Crippen molar-refractivity contribution < 1.29 is 24.2 Å². The SMILES string of the molecule is CCCOC(=O)[C@H]1C(C(=O)OCC[Si](C)(C)C)C2C/C(=N\NC)[C@H]1c1cc(O)ccc12. The summed E-state index contributed by atoms with van der Waals surface area (Å²) in [5.41, 5.74) is 5.45. The molecule has 1 saturated carbocycles.